The molecular formula is C42H47NO11. The normalized spacial score (nSPS) is 26.8. The summed E-state index contributed by atoms with van der Waals surface area (Å²) in [6.07, 6.45) is -0.0884. The molecule has 1 N–H and O–H groups in total. The zero-order valence-electron chi connectivity index (χ0n) is 30.4. The molecule has 3 aliphatic heterocycles. The summed E-state index contributed by atoms with van der Waals surface area (Å²) in [5.41, 5.74) is 2.87. The molecule has 3 heterocycles. The van der Waals surface area contributed by atoms with E-state index >= 15 is 0 Å². The lowest BCUT2D eigenvalue weighted by atomic mass is 9.96. The molecule has 0 bridgehead atoms. The Hall–Kier alpha value is -4.69. The number of carbonyl (C=O) groups is 3. The summed E-state index contributed by atoms with van der Waals surface area (Å²) >= 11 is 0. The van der Waals surface area contributed by atoms with E-state index in [-0.39, 0.29) is 38.8 Å². The van der Waals surface area contributed by atoms with Gasteiger partial charge in [-0.25, -0.2) is 9.69 Å². The van der Waals surface area contributed by atoms with Crippen LogP contribution < -0.4 is 0 Å². The maximum Gasteiger partial charge on any atom is 0.416 e. The van der Waals surface area contributed by atoms with E-state index in [1.807, 2.05) is 91.0 Å². The molecule has 3 aromatic carbocycles. The number of cyclic esters (lactones) is 1. The number of allylic oxidation sites excluding steroid dienone is 1. The van der Waals surface area contributed by atoms with Crippen LogP contribution in [-0.2, 0) is 62.4 Å². The Morgan fingerprint density at radius 3 is 2.07 bits per heavy atom. The highest BCUT2D eigenvalue weighted by atomic mass is 16.7. The smallest absolute Gasteiger partial charge is 0.416 e. The van der Waals surface area contributed by atoms with Crippen molar-refractivity contribution in [3.05, 3.63) is 132 Å². The molecule has 0 spiro atoms. The lowest BCUT2D eigenvalue weighted by Crippen LogP contribution is -2.61. The molecule has 0 aromatic heterocycles. The standard InChI is InChI=1S/C42H47NO11/c1-28(40(46)43-32(27-52-42(43)47)23-29-13-6-3-7-14-29)36-34(45)21-20-33(53-36)19-12-22-49-39-38(51-26-31-17-10-5-11-18-31)37(35(24-44)54-41(39)48-2)50-25-30-15-8-4-9-16-30/h3-11,13-21,28,32,35-39,41,44H,12,22-27H2,1-2H3/t28-,32-,35+,36-,37+,38-,39-,41-/m0/s1. The maximum atomic E-state index is 13.6. The van der Waals surface area contributed by atoms with Crippen molar-refractivity contribution in [2.75, 3.05) is 26.9 Å². The Bertz CT molecular complexity index is 1730. The molecule has 12 nitrogen and oxygen atoms in total. The number of amides is 2. The highest BCUT2D eigenvalue weighted by Crippen LogP contribution is 2.31. The molecular weight excluding hydrogens is 694 g/mol. The number of benzene rings is 3. The van der Waals surface area contributed by atoms with Crippen molar-refractivity contribution in [2.24, 2.45) is 5.92 Å². The van der Waals surface area contributed by atoms with Crippen LogP contribution in [0.2, 0.25) is 0 Å². The Labute approximate surface area is 315 Å². The van der Waals surface area contributed by atoms with Crippen molar-refractivity contribution in [1.29, 1.82) is 0 Å². The second kappa shape index (κ2) is 19.1. The molecule has 12 heteroatoms. The molecule has 3 aliphatic rings. The monoisotopic (exact) mass is 741 g/mol. The number of nitrogens with zero attached hydrogens (tertiary/aromatic N) is 1. The van der Waals surface area contributed by atoms with E-state index < -0.39 is 60.8 Å². The average molecular weight is 742 g/mol. The van der Waals surface area contributed by atoms with Crippen molar-refractivity contribution in [3.63, 3.8) is 0 Å². The van der Waals surface area contributed by atoms with Gasteiger partial charge in [-0.15, -0.1) is 0 Å². The minimum absolute atomic E-state index is 0.0748. The molecule has 3 aromatic rings. The molecule has 2 amide bonds. The van der Waals surface area contributed by atoms with E-state index in [0.29, 0.717) is 18.6 Å². The van der Waals surface area contributed by atoms with Crippen LogP contribution in [-0.4, -0.2) is 97.6 Å². The summed E-state index contributed by atoms with van der Waals surface area (Å²) in [6.45, 7) is 2.05. The SMILES string of the molecule is CO[C@H]1O[C@H](CO)[C@@H](OCc2ccccc2)[C@H](OCc2ccccc2)[C@@H]1OCCC=C1C=CC(=O)[C@H]([C@H](C)C(=O)N2C(=O)OC[C@@H]2Cc2ccccc2)O1. The van der Waals surface area contributed by atoms with E-state index in [9.17, 15) is 19.5 Å². The predicted molar refractivity (Wildman–Crippen MR) is 196 cm³/mol. The van der Waals surface area contributed by atoms with Gasteiger partial charge < -0.3 is 38.3 Å². The fourth-order valence-electron chi connectivity index (χ4n) is 6.80. The molecule has 0 saturated carbocycles. The average Bonchev–Trinajstić information content (AvgIpc) is 3.57. The van der Waals surface area contributed by atoms with Crippen LogP contribution in [0.15, 0.2) is 115 Å². The quantitative estimate of drug-likeness (QED) is 0.200. The molecule has 2 saturated heterocycles. The molecule has 0 radical (unpaired) electrons. The van der Waals surface area contributed by atoms with Gasteiger partial charge in [-0.3, -0.25) is 9.59 Å². The number of ether oxygens (including phenoxy) is 7. The molecule has 0 aliphatic carbocycles. The first kappa shape index (κ1) is 39.0. The van der Waals surface area contributed by atoms with Gasteiger partial charge >= 0.3 is 6.09 Å². The highest BCUT2D eigenvalue weighted by Gasteiger charge is 2.48. The first-order chi connectivity index (χ1) is 26.4. The summed E-state index contributed by atoms with van der Waals surface area (Å²) in [6, 6.07) is 28.4. The van der Waals surface area contributed by atoms with Gasteiger partial charge in [-0.1, -0.05) is 91.0 Å². The number of methoxy groups -OCH3 is 1. The summed E-state index contributed by atoms with van der Waals surface area (Å²) in [4.78, 5) is 40.4. The summed E-state index contributed by atoms with van der Waals surface area (Å²) < 4.78 is 42.3. The van der Waals surface area contributed by atoms with Crippen LogP contribution in [0.1, 0.15) is 30.0 Å². The molecule has 6 rings (SSSR count). The van der Waals surface area contributed by atoms with Crippen molar-refractivity contribution in [1.82, 2.24) is 4.90 Å². The zero-order valence-corrected chi connectivity index (χ0v) is 30.4. The predicted octanol–water partition coefficient (Wildman–Crippen LogP) is 4.93. The summed E-state index contributed by atoms with van der Waals surface area (Å²) in [5, 5.41) is 10.3. The number of ketones is 1. The lowest BCUT2D eigenvalue weighted by molar-refractivity contribution is -0.319. The van der Waals surface area contributed by atoms with Crippen LogP contribution in [0.4, 0.5) is 4.79 Å². The Kier molecular flexibility index (Phi) is 13.8. The second-order valence-electron chi connectivity index (χ2n) is 13.4. The van der Waals surface area contributed by atoms with Gasteiger partial charge in [-0.2, -0.15) is 0 Å². The number of rotatable bonds is 16. The third-order valence-electron chi connectivity index (χ3n) is 9.66. The Morgan fingerprint density at radius 1 is 0.852 bits per heavy atom. The van der Waals surface area contributed by atoms with Gasteiger partial charge in [-0.05, 0) is 54.7 Å². The van der Waals surface area contributed by atoms with Crippen LogP contribution in [0.5, 0.6) is 0 Å². The van der Waals surface area contributed by atoms with Crippen molar-refractivity contribution in [3.8, 4) is 0 Å². The number of imide groups is 1. The van der Waals surface area contributed by atoms with E-state index in [1.54, 1.807) is 19.1 Å². The fraction of sp³-hybridized carbons (Fsp3) is 0.405. The van der Waals surface area contributed by atoms with Gasteiger partial charge in [0.05, 0.1) is 38.4 Å². The Balaban J connectivity index is 1.11. The van der Waals surface area contributed by atoms with Gasteiger partial charge in [0.1, 0.15) is 36.8 Å². The van der Waals surface area contributed by atoms with Gasteiger partial charge in [0.25, 0.3) is 0 Å². The first-order valence-electron chi connectivity index (χ1n) is 18.2. The third kappa shape index (κ3) is 9.69. The number of hydrogen-bond acceptors (Lipinski definition) is 11. The number of carbonyl (C=O) groups excluding carboxylic acids is 3. The third-order valence-corrected chi connectivity index (χ3v) is 9.66. The number of aliphatic hydroxyl groups excluding tert-OH is 1. The van der Waals surface area contributed by atoms with Crippen LogP contribution in [0.25, 0.3) is 0 Å². The summed E-state index contributed by atoms with van der Waals surface area (Å²) in [7, 11) is 1.50. The summed E-state index contributed by atoms with van der Waals surface area (Å²) in [5.74, 6) is -1.48. The van der Waals surface area contributed by atoms with Gasteiger partial charge in [0.15, 0.2) is 18.2 Å². The van der Waals surface area contributed by atoms with Gasteiger partial charge in [0, 0.05) is 7.11 Å². The molecule has 54 heavy (non-hydrogen) atoms. The molecule has 286 valence electrons. The minimum Gasteiger partial charge on any atom is -0.482 e. The van der Waals surface area contributed by atoms with Crippen molar-refractivity contribution < 1.29 is 52.6 Å². The maximum absolute atomic E-state index is 13.6. The van der Waals surface area contributed by atoms with E-state index in [2.05, 4.69) is 0 Å². The van der Waals surface area contributed by atoms with E-state index in [1.165, 1.54) is 13.2 Å². The van der Waals surface area contributed by atoms with E-state index in [0.717, 1.165) is 21.6 Å². The van der Waals surface area contributed by atoms with Gasteiger partial charge in [0.2, 0.25) is 5.91 Å². The van der Waals surface area contributed by atoms with Crippen LogP contribution >= 0.6 is 0 Å². The van der Waals surface area contributed by atoms with Crippen molar-refractivity contribution in [2.45, 2.75) is 75.8 Å². The minimum atomic E-state index is -1.13. The largest absolute Gasteiger partial charge is 0.482 e. The first-order valence-corrected chi connectivity index (χ1v) is 18.2. The molecule has 8 atom stereocenters. The fourth-order valence-corrected chi connectivity index (χ4v) is 6.80. The van der Waals surface area contributed by atoms with Crippen LogP contribution in [0.3, 0.4) is 0 Å². The zero-order chi connectivity index (χ0) is 37.9. The number of aliphatic hydroxyl groups is 1. The Morgan fingerprint density at radius 2 is 1.46 bits per heavy atom. The van der Waals surface area contributed by atoms with Crippen LogP contribution in [0, 0.1) is 5.92 Å². The second-order valence-corrected chi connectivity index (χ2v) is 13.4. The topological polar surface area (TPSA) is 139 Å². The molecule has 2 fully saturated rings. The highest BCUT2D eigenvalue weighted by molar-refractivity contribution is 6.01. The number of hydrogen-bond donors (Lipinski definition) is 1. The molecule has 0 unspecified atom stereocenters. The van der Waals surface area contributed by atoms with E-state index in [4.69, 9.17) is 33.2 Å². The lowest BCUT2D eigenvalue weighted by Gasteiger charge is -2.45. The van der Waals surface area contributed by atoms with Crippen molar-refractivity contribution >= 4 is 17.8 Å².